The maximum absolute atomic E-state index is 10.4. The molecule has 2 atom stereocenters. The van der Waals surface area contributed by atoms with Crippen LogP contribution in [0.25, 0.3) is 0 Å². The fourth-order valence-corrected chi connectivity index (χ4v) is 1.74. The second kappa shape index (κ2) is 7.04. The lowest BCUT2D eigenvalue weighted by molar-refractivity contribution is -0.139. The maximum Gasteiger partial charge on any atom is 0.306 e. The van der Waals surface area contributed by atoms with Gasteiger partial charge in [0.15, 0.2) is 0 Å². The molecule has 2 unspecified atom stereocenters. The number of benzene rings is 1. The van der Waals surface area contributed by atoms with Crippen molar-refractivity contribution in [3.8, 4) is 0 Å². The second-order valence-corrected chi connectivity index (χ2v) is 4.03. The van der Waals surface area contributed by atoms with Crippen molar-refractivity contribution in [1.82, 2.24) is 5.32 Å². The van der Waals surface area contributed by atoms with Gasteiger partial charge in [0.25, 0.3) is 0 Å². The molecule has 1 rings (SSSR count). The third-order valence-electron chi connectivity index (χ3n) is 2.62. The third kappa shape index (κ3) is 4.97. The van der Waals surface area contributed by atoms with Gasteiger partial charge >= 0.3 is 5.97 Å². The molecule has 0 saturated heterocycles. The van der Waals surface area contributed by atoms with Crippen molar-refractivity contribution in [1.29, 1.82) is 0 Å². The number of hydrogen-bond acceptors (Lipinski definition) is 3. The fraction of sp³-hybridized carbons (Fsp3) is 0.462. The summed E-state index contributed by atoms with van der Waals surface area (Å²) in [7, 11) is 0. The van der Waals surface area contributed by atoms with E-state index in [1.807, 2.05) is 37.3 Å². The molecule has 0 bridgehead atoms. The monoisotopic (exact) mass is 237 g/mol. The topological polar surface area (TPSA) is 69.6 Å². The van der Waals surface area contributed by atoms with Crippen molar-refractivity contribution in [3.63, 3.8) is 0 Å². The highest BCUT2D eigenvalue weighted by atomic mass is 16.4. The van der Waals surface area contributed by atoms with Crippen LogP contribution in [-0.4, -0.2) is 28.8 Å². The summed E-state index contributed by atoms with van der Waals surface area (Å²) in [4.78, 5) is 10.4. The Morgan fingerprint density at radius 2 is 2.00 bits per heavy atom. The Morgan fingerprint density at radius 1 is 1.35 bits per heavy atom. The molecule has 0 fully saturated rings. The summed E-state index contributed by atoms with van der Waals surface area (Å²) in [6, 6.07) is 10.1. The predicted octanol–water partition coefficient (Wildman–Crippen LogP) is 1.56. The molecular weight excluding hydrogens is 218 g/mol. The number of nitrogens with one attached hydrogen (secondary N) is 1. The van der Waals surface area contributed by atoms with Gasteiger partial charge in [0.05, 0.1) is 12.5 Å². The standard InChI is InChI=1S/C13H19NO3/c1-2-12(10-6-4-3-5-7-10)14-9-11(15)8-13(16)17/h3-7,11-12,14-15H,2,8-9H2,1H3,(H,16,17). The first kappa shape index (κ1) is 13.7. The van der Waals surface area contributed by atoms with E-state index in [2.05, 4.69) is 5.32 Å². The number of aliphatic hydroxyl groups excluding tert-OH is 1. The van der Waals surface area contributed by atoms with Crippen molar-refractivity contribution in [2.75, 3.05) is 6.54 Å². The van der Waals surface area contributed by atoms with Crippen LogP contribution in [0.15, 0.2) is 30.3 Å². The van der Waals surface area contributed by atoms with E-state index in [9.17, 15) is 9.90 Å². The molecule has 0 aromatic heterocycles. The molecule has 0 saturated carbocycles. The summed E-state index contributed by atoms with van der Waals surface area (Å²) in [6.07, 6.45) is -0.174. The van der Waals surface area contributed by atoms with Crippen molar-refractivity contribution in [3.05, 3.63) is 35.9 Å². The molecule has 0 amide bonds. The number of rotatable bonds is 7. The molecule has 4 nitrogen and oxygen atoms in total. The van der Waals surface area contributed by atoms with Gasteiger partial charge in [-0.1, -0.05) is 37.3 Å². The Hall–Kier alpha value is -1.39. The van der Waals surface area contributed by atoms with Gasteiger partial charge in [-0.25, -0.2) is 0 Å². The molecule has 0 aliphatic heterocycles. The Balaban J connectivity index is 2.46. The number of aliphatic hydroxyl groups is 1. The van der Waals surface area contributed by atoms with Crippen molar-refractivity contribution >= 4 is 5.97 Å². The summed E-state index contributed by atoms with van der Waals surface area (Å²) in [5.41, 5.74) is 1.15. The van der Waals surface area contributed by atoms with Gasteiger partial charge in [-0.05, 0) is 12.0 Å². The summed E-state index contributed by atoms with van der Waals surface area (Å²) >= 11 is 0. The number of carbonyl (C=O) groups is 1. The average Bonchev–Trinajstić information content (AvgIpc) is 2.30. The molecule has 1 aromatic carbocycles. The highest BCUT2D eigenvalue weighted by molar-refractivity contribution is 5.67. The van der Waals surface area contributed by atoms with Crippen molar-refractivity contribution in [2.45, 2.75) is 31.9 Å². The zero-order chi connectivity index (χ0) is 12.7. The predicted molar refractivity (Wildman–Crippen MR) is 65.7 cm³/mol. The zero-order valence-corrected chi connectivity index (χ0v) is 9.97. The second-order valence-electron chi connectivity index (χ2n) is 4.03. The minimum atomic E-state index is -0.980. The van der Waals surface area contributed by atoms with Crippen molar-refractivity contribution < 1.29 is 15.0 Å². The van der Waals surface area contributed by atoms with Gasteiger partial charge < -0.3 is 15.5 Å². The molecular formula is C13H19NO3. The molecule has 94 valence electrons. The van der Waals surface area contributed by atoms with Crippen molar-refractivity contribution in [2.24, 2.45) is 0 Å². The molecule has 0 spiro atoms. The first-order valence-corrected chi connectivity index (χ1v) is 5.81. The van der Waals surface area contributed by atoms with Gasteiger partial charge in [0.1, 0.15) is 0 Å². The van der Waals surface area contributed by atoms with Crippen LogP contribution in [0, 0.1) is 0 Å². The van der Waals surface area contributed by atoms with E-state index in [0.717, 1.165) is 12.0 Å². The third-order valence-corrected chi connectivity index (χ3v) is 2.62. The fourth-order valence-electron chi connectivity index (χ4n) is 1.74. The molecule has 1 aromatic rings. The number of hydrogen-bond donors (Lipinski definition) is 3. The quantitative estimate of drug-likeness (QED) is 0.673. The molecule has 17 heavy (non-hydrogen) atoms. The summed E-state index contributed by atoms with van der Waals surface area (Å²) in [6.45, 7) is 2.34. The van der Waals surface area contributed by atoms with Gasteiger partial charge in [0, 0.05) is 12.6 Å². The molecule has 3 N–H and O–H groups in total. The lowest BCUT2D eigenvalue weighted by Crippen LogP contribution is -2.31. The minimum absolute atomic E-state index is 0.152. The number of carboxylic acids is 1. The van der Waals surface area contributed by atoms with Crippen LogP contribution in [0.4, 0.5) is 0 Å². The zero-order valence-electron chi connectivity index (χ0n) is 9.97. The highest BCUT2D eigenvalue weighted by Crippen LogP contribution is 2.15. The Bertz CT molecular complexity index is 340. The van der Waals surface area contributed by atoms with E-state index in [1.165, 1.54) is 0 Å². The lowest BCUT2D eigenvalue weighted by Gasteiger charge is -2.19. The number of carboxylic acid groups (broad SMARTS) is 1. The lowest BCUT2D eigenvalue weighted by atomic mass is 10.0. The molecule has 4 heteroatoms. The van der Waals surface area contributed by atoms with Crippen LogP contribution in [0.5, 0.6) is 0 Å². The Morgan fingerprint density at radius 3 is 2.53 bits per heavy atom. The summed E-state index contributed by atoms with van der Waals surface area (Å²) < 4.78 is 0. The van der Waals surface area contributed by atoms with E-state index in [0.29, 0.717) is 6.54 Å². The smallest absolute Gasteiger partial charge is 0.306 e. The van der Waals surface area contributed by atoms with Crippen LogP contribution >= 0.6 is 0 Å². The number of aliphatic carboxylic acids is 1. The highest BCUT2D eigenvalue weighted by Gasteiger charge is 2.13. The van der Waals surface area contributed by atoms with Crippen LogP contribution in [0.3, 0.4) is 0 Å². The van der Waals surface area contributed by atoms with Crippen LogP contribution < -0.4 is 5.32 Å². The molecule has 0 aliphatic carbocycles. The summed E-state index contributed by atoms with van der Waals surface area (Å²) in [5.74, 6) is -0.980. The molecule has 0 aliphatic rings. The van der Waals surface area contributed by atoms with Gasteiger partial charge in [0.2, 0.25) is 0 Å². The van der Waals surface area contributed by atoms with E-state index >= 15 is 0 Å². The normalized spacial score (nSPS) is 14.2. The summed E-state index contributed by atoms with van der Waals surface area (Å²) in [5, 5.41) is 21.2. The minimum Gasteiger partial charge on any atom is -0.481 e. The molecule has 0 radical (unpaired) electrons. The van der Waals surface area contributed by atoms with Crippen LogP contribution in [0.2, 0.25) is 0 Å². The van der Waals surface area contributed by atoms with Crippen LogP contribution in [-0.2, 0) is 4.79 Å². The Labute approximate surface area is 101 Å². The average molecular weight is 237 g/mol. The largest absolute Gasteiger partial charge is 0.481 e. The first-order valence-electron chi connectivity index (χ1n) is 5.81. The SMILES string of the molecule is CCC(NCC(O)CC(=O)O)c1ccccc1. The van der Waals surface area contributed by atoms with E-state index in [4.69, 9.17) is 5.11 Å². The van der Waals surface area contributed by atoms with Gasteiger partial charge in [-0.15, -0.1) is 0 Å². The maximum atomic E-state index is 10.4. The molecule has 0 heterocycles. The van der Waals surface area contributed by atoms with Gasteiger partial charge in [-0.2, -0.15) is 0 Å². The van der Waals surface area contributed by atoms with E-state index in [-0.39, 0.29) is 12.5 Å². The van der Waals surface area contributed by atoms with Crippen LogP contribution in [0.1, 0.15) is 31.4 Å². The first-order chi connectivity index (χ1) is 8.13. The Kier molecular flexibility index (Phi) is 5.66. The van der Waals surface area contributed by atoms with E-state index < -0.39 is 12.1 Å². The van der Waals surface area contributed by atoms with Gasteiger partial charge in [-0.3, -0.25) is 4.79 Å². The van der Waals surface area contributed by atoms with E-state index in [1.54, 1.807) is 0 Å².